The first-order chi connectivity index (χ1) is 29.3. The molecule has 318 valence electrons. The lowest BCUT2D eigenvalue weighted by Crippen LogP contribution is -2.03. The number of carbonyl (C=O) groups excluding carboxylic acids is 2. The highest BCUT2D eigenvalue weighted by Crippen LogP contribution is 2.56. The standard InChI is InChI=1S/C48H54O4S8/c1-7-12-14-15-29(6)27-55-39-19-17-35(57-39)41-33-25-37(43-31(21-23-53-43)47(49)51-10-4)60-46(33)42(36-18-20-40(58-36)56-28-30(9-3)16-13-8-2)34-26-38(59-45(34)41)44-32(22-24-54-44)48(50)52-11-5/h17-26,29-30H,7-16,27-28H2,1-6H3. The zero-order valence-corrected chi connectivity index (χ0v) is 41.8. The molecule has 0 saturated carbocycles. The maximum absolute atomic E-state index is 13.2. The van der Waals surface area contributed by atoms with Gasteiger partial charge in [0.25, 0.3) is 0 Å². The van der Waals surface area contributed by atoms with Gasteiger partial charge in [-0.05, 0) is 97.8 Å². The number of fused-ring (bicyclic) bond motifs is 2. The zero-order chi connectivity index (χ0) is 42.2. The topological polar surface area (TPSA) is 52.6 Å². The Balaban J connectivity index is 1.41. The van der Waals surface area contributed by atoms with Crippen LogP contribution in [0.4, 0.5) is 0 Å². The molecular weight excluding hydrogens is 897 g/mol. The molecule has 7 rings (SSSR count). The second-order valence-corrected chi connectivity index (χ2v) is 23.8. The number of benzene rings is 1. The number of esters is 2. The molecule has 0 saturated heterocycles. The Morgan fingerprint density at radius 1 is 0.600 bits per heavy atom. The molecule has 0 aliphatic rings. The summed E-state index contributed by atoms with van der Waals surface area (Å²) in [5.74, 6) is 3.07. The van der Waals surface area contributed by atoms with Gasteiger partial charge in [-0.3, -0.25) is 0 Å². The lowest BCUT2D eigenvalue weighted by molar-refractivity contribution is 0.0518. The molecule has 6 heterocycles. The van der Waals surface area contributed by atoms with E-state index in [1.807, 2.05) is 82.9 Å². The lowest BCUT2D eigenvalue weighted by Gasteiger charge is -2.13. The molecular formula is C48H54O4S8. The zero-order valence-electron chi connectivity index (χ0n) is 35.3. The Hall–Kier alpha value is -2.42. The number of thioether (sulfide) groups is 2. The average molecular weight is 951 g/mol. The molecule has 0 amide bonds. The first-order valence-electron chi connectivity index (χ1n) is 21.3. The summed E-state index contributed by atoms with van der Waals surface area (Å²) in [4.78, 5) is 33.0. The molecule has 0 bridgehead atoms. The SMILES string of the molecule is CCCCCC(C)CSc1ccc(-c2c3cc(-c4sccc4C(=O)OCC)sc3c(-c3ccc(SCC(CC)CCCC)s3)c3cc(-c4sccc4C(=O)OCC)sc23)s1. The summed E-state index contributed by atoms with van der Waals surface area (Å²) in [5, 5.41) is 6.40. The fourth-order valence-corrected chi connectivity index (χ4v) is 16.8. The maximum Gasteiger partial charge on any atom is 0.339 e. The monoisotopic (exact) mass is 950 g/mol. The van der Waals surface area contributed by atoms with E-state index < -0.39 is 0 Å². The number of hydrogen-bond acceptors (Lipinski definition) is 12. The van der Waals surface area contributed by atoms with Crippen molar-refractivity contribution in [3.05, 3.63) is 70.4 Å². The van der Waals surface area contributed by atoms with E-state index in [1.54, 1.807) is 45.3 Å². The molecule has 7 aromatic rings. The Morgan fingerprint density at radius 2 is 1.12 bits per heavy atom. The summed E-state index contributed by atoms with van der Waals surface area (Å²) in [6.07, 6.45) is 10.1. The predicted octanol–water partition coefficient (Wildman–Crippen LogP) is 18.0. The van der Waals surface area contributed by atoms with Crippen LogP contribution < -0.4 is 0 Å². The number of ether oxygens (including phenoxy) is 2. The second-order valence-electron chi connectivity index (χ2n) is 15.1. The van der Waals surface area contributed by atoms with Crippen molar-refractivity contribution in [2.75, 3.05) is 24.7 Å². The number of rotatable bonds is 22. The van der Waals surface area contributed by atoms with Crippen LogP contribution in [0, 0.1) is 11.8 Å². The van der Waals surface area contributed by atoms with Crippen molar-refractivity contribution in [3.63, 3.8) is 0 Å². The van der Waals surface area contributed by atoms with Crippen molar-refractivity contribution in [3.8, 4) is 40.4 Å². The minimum Gasteiger partial charge on any atom is -0.462 e. The molecule has 2 unspecified atom stereocenters. The quantitative estimate of drug-likeness (QED) is 0.0383. The van der Waals surface area contributed by atoms with Gasteiger partial charge in [-0.25, -0.2) is 9.59 Å². The minimum absolute atomic E-state index is 0.279. The summed E-state index contributed by atoms with van der Waals surface area (Å²) < 4.78 is 16.2. The molecule has 6 aromatic heterocycles. The fourth-order valence-electron chi connectivity index (χ4n) is 7.43. The maximum atomic E-state index is 13.2. The molecule has 60 heavy (non-hydrogen) atoms. The van der Waals surface area contributed by atoms with Crippen molar-refractivity contribution < 1.29 is 19.1 Å². The highest BCUT2D eigenvalue weighted by Gasteiger charge is 2.27. The number of carbonyl (C=O) groups is 2. The van der Waals surface area contributed by atoms with Gasteiger partial charge in [0.1, 0.15) is 0 Å². The summed E-state index contributed by atoms with van der Waals surface area (Å²) in [7, 11) is 0. The minimum atomic E-state index is -0.279. The third-order valence-corrected chi connectivity index (χ3v) is 20.4. The average Bonchev–Trinajstić information content (AvgIpc) is 4.10. The van der Waals surface area contributed by atoms with Crippen LogP contribution in [0.2, 0.25) is 0 Å². The van der Waals surface area contributed by atoms with Crippen LogP contribution in [0.15, 0.2) is 67.7 Å². The third-order valence-electron chi connectivity index (χ3n) is 10.7. The predicted molar refractivity (Wildman–Crippen MR) is 270 cm³/mol. The summed E-state index contributed by atoms with van der Waals surface area (Å²) >= 11 is 14.5. The highest BCUT2D eigenvalue weighted by atomic mass is 32.2. The first kappa shape index (κ1) is 45.6. The van der Waals surface area contributed by atoms with Gasteiger partial charge < -0.3 is 9.47 Å². The van der Waals surface area contributed by atoms with E-state index in [0.29, 0.717) is 30.3 Å². The summed E-state index contributed by atoms with van der Waals surface area (Å²) in [6, 6.07) is 17.7. The second kappa shape index (κ2) is 21.8. The number of unbranched alkanes of at least 4 members (excludes halogenated alkanes) is 3. The van der Waals surface area contributed by atoms with Crippen LogP contribution in [0.1, 0.15) is 114 Å². The lowest BCUT2D eigenvalue weighted by atomic mass is 9.99. The van der Waals surface area contributed by atoms with Gasteiger partial charge in [-0.2, -0.15) is 0 Å². The molecule has 0 aliphatic carbocycles. The van der Waals surface area contributed by atoms with Crippen molar-refractivity contribution in [1.82, 2.24) is 0 Å². The Labute approximate surface area is 388 Å². The van der Waals surface area contributed by atoms with Crippen LogP contribution in [-0.2, 0) is 9.47 Å². The van der Waals surface area contributed by atoms with Crippen molar-refractivity contribution in [2.45, 2.75) is 101 Å². The van der Waals surface area contributed by atoms with Crippen LogP contribution in [0.25, 0.3) is 60.6 Å². The highest BCUT2D eigenvalue weighted by molar-refractivity contribution is 8.01. The third kappa shape index (κ3) is 10.3. The van der Waals surface area contributed by atoms with E-state index in [9.17, 15) is 9.59 Å². The van der Waals surface area contributed by atoms with Gasteiger partial charge in [0.05, 0.1) is 42.5 Å². The molecule has 1 aromatic carbocycles. The largest absolute Gasteiger partial charge is 0.462 e. The molecule has 0 radical (unpaired) electrons. The van der Waals surface area contributed by atoms with Gasteiger partial charge in [-0.15, -0.1) is 91.5 Å². The van der Waals surface area contributed by atoms with Gasteiger partial charge in [0.15, 0.2) is 0 Å². The van der Waals surface area contributed by atoms with E-state index in [2.05, 4.69) is 64.1 Å². The Morgan fingerprint density at radius 3 is 1.60 bits per heavy atom. The molecule has 12 heteroatoms. The first-order valence-corrected chi connectivity index (χ1v) is 28.3. The molecule has 2 atom stereocenters. The van der Waals surface area contributed by atoms with E-state index in [1.165, 1.54) is 101 Å². The normalized spacial score (nSPS) is 12.8. The van der Waals surface area contributed by atoms with Crippen molar-refractivity contribution in [2.24, 2.45) is 11.8 Å². The Bertz CT molecular complexity index is 2390. The summed E-state index contributed by atoms with van der Waals surface area (Å²) in [5.41, 5.74) is 3.70. The van der Waals surface area contributed by atoms with Gasteiger partial charge in [-0.1, -0.05) is 66.2 Å². The van der Waals surface area contributed by atoms with Gasteiger partial charge >= 0.3 is 11.9 Å². The smallest absolute Gasteiger partial charge is 0.339 e. The van der Waals surface area contributed by atoms with Gasteiger partial charge in [0, 0.05) is 62.3 Å². The van der Waals surface area contributed by atoms with E-state index >= 15 is 0 Å². The van der Waals surface area contributed by atoms with Crippen molar-refractivity contribution in [1.29, 1.82) is 0 Å². The van der Waals surface area contributed by atoms with E-state index in [0.717, 1.165) is 36.9 Å². The van der Waals surface area contributed by atoms with E-state index in [4.69, 9.17) is 9.47 Å². The van der Waals surface area contributed by atoms with Crippen LogP contribution in [-0.4, -0.2) is 36.7 Å². The van der Waals surface area contributed by atoms with Crippen LogP contribution in [0.5, 0.6) is 0 Å². The Kier molecular flexibility index (Phi) is 16.6. The molecule has 0 spiro atoms. The molecule has 4 nitrogen and oxygen atoms in total. The number of thiophene rings is 6. The molecule has 0 aliphatic heterocycles. The molecule has 0 N–H and O–H groups in total. The summed E-state index contributed by atoms with van der Waals surface area (Å²) in [6.45, 7) is 13.6. The number of hydrogen-bond donors (Lipinski definition) is 0. The molecule has 0 fully saturated rings. The van der Waals surface area contributed by atoms with E-state index in [-0.39, 0.29) is 11.9 Å². The van der Waals surface area contributed by atoms with Crippen LogP contribution >= 0.6 is 91.5 Å². The van der Waals surface area contributed by atoms with Gasteiger partial charge in [0.2, 0.25) is 0 Å². The van der Waals surface area contributed by atoms with Crippen molar-refractivity contribution >= 4 is 124 Å². The van der Waals surface area contributed by atoms with Crippen LogP contribution in [0.3, 0.4) is 0 Å². The fraction of sp³-hybridized carbons (Fsp3) is 0.417.